The van der Waals surface area contributed by atoms with Crippen molar-refractivity contribution in [1.82, 2.24) is 5.32 Å². The van der Waals surface area contributed by atoms with Crippen LogP contribution in [0.4, 0.5) is 0 Å². The summed E-state index contributed by atoms with van der Waals surface area (Å²) < 4.78 is 5.13. The topological polar surface area (TPSA) is 78.8 Å². The fourth-order valence-corrected chi connectivity index (χ4v) is 2.30. The molecule has 0 fully saturated rings. The van der Waals surface area contributed by atoms with Crippen LogP contribution in [-0.4, -0.2) is 36.4 Å². The van der Waals surface area contributed by atoms with Gasteiger partial charge in [-0.25, -0.2) is 0 Å². The van der Waals surface area contributed by atoms with Gasteiger partial charge in [-0.1, -0.05) is 29.8 Å². The first-order chi connectivity index (χ1) is 11.5. The summed E-state index contributed by atoms with van der Waals surface area (Å²) in [4.78, 5) is 12.0. The SMILES string of the molecule is COc1cc(C(=CC(=O)NCCO)c2ccc(Cl)cc2)ccc1O. The number of hydrogen-bond donors (Lipinski definition) is 3. The first-order valence-corrected chi connectivity index (χ1v) is 7.66. The second-order valence-electron chi connectivity index (χ2n) is 4.97. The molecule has 24 heavy (non-hydrogen) atoms. The van der Waals surface area contributed by atoms with Crippen molar-refractivity contribution in [2.75, 3.05) is 20.3 Å². The van der Waals surface area contributed by atoms with E-state index < -0.39 is 0 Å². The lowest BCUT2D eigenvalue weighted by atomic mass is 9.97. The lowest BCUT2D eigenvalue weighted by Crippen LogP contribution is -2.24. The van der Waals surface area contributed by atoms with Gasteiger partial charge in [-0.3, -0.25) is 4.79 Å². The Morgan fingerprint density at radius 1 is 1.21 bits per heavy atom. The van der Waals surface area contributed by atoms with Crippen molar-refractivity contribution < 1.29 is 19.7 Å². The van der Waals surface area contributed by atoms with E-state index in [0.29, 0.717) is 21.9 Å². The van der Waals surface area contributed by atoms with Gasteiger partial charge in [0.2, 0.25) is 5.91 Å². The zero-order valence-electron chi connectivity index (χ0n) is 13.1. The quantitative estimate of drug-likeness (QED) is 0.702. The number of aliphatic hydroxyl groups excluding tert-OH is 1. The minimum Gasteiger partial charge on any atom is -0.504 e. The molecule has 126 valence electrons. The minimum absolute atomic E-state index is 0.0152. The standard InChI is InChI=1S/C18H18ClNO4/c1-24-17-10-13(4-7-16(17)22)15(11-18(23)20-8-9-21)12-2-5-14(19)6-3-12/h2-7,10-11,21-22H,8-9H2,1H3,(H,20,23). The number of carbonyl (C=O) groups is 1. The van der Waals surface area contributed by atoms with Crippen molar-refractivity contribution in [3.05, 3.63) is 64.7 Å². The highest BCUT2D eigenvalue weighted by Crippen LogP contribution is 2.32. The largest absolute Gasteiger partial charge is 0.504 e. The number of carbonyl (C=O) groups excluding carboxylic acids is 1. The van der Waals surface area contributed by atoms with Crippen LogP contribution in [0.5, 0.6) is 11.5 Å². The monoisotopic (exact) mass is 347 g/mol. The van der Waals surface area contributed by atoms with Gasteiger partial charge in [-0.05, 0) is 41.0 Å². The van der Waals surface area contributed by atoms with Gasteiger partial charge >= 0.3 is 0 Å². The lowest BCUT2D eigenvalue weighted by Gasteiger charge is -2.11. The lowest BCUT2D eigenvalue weighted by molar-refractivity contribution is -0.116. The number of phenolic OH excluding ortho intramolecular Hbond substituents is 1. The molecule has 0 saturated heterocycles. The number of ether oxygens (including phenoxy) is 1. The molecule has 0 heterocycles. The van der Waals surface area contributed by atoms with Crippen molar-refractivity contribution in [2.24, 2.45) is 0 Å². The maximum Gasteiger partial charge on any atom is 0.244 e. The fraction of sp³-hybridized carbons (Fsp3) is 0.167. The molecule has 0 radical (unpaired) electrons. The molecule has 0 aliphatic heterocycles. The Bertz CT molecular complexity index is 741. The van der Waals surface area contributed by atoms with Gasteiger partial charge in [-0.15, -0.1) is 0 Å². The van der Waals surface area contributed by atoms with Crippen LogP contribution in [0.25, 0.3) is 5.57 Å². The average molecular weight is 348 g/mol. The van der Waals surface area contributed by atoms with Gasteiger partial charge in [0.1, 0.15) is 0 Å². The zero-order chi connectivity index (χ0) is 17.5. The Kier molecular flexibility index (Phi) is 6.23. The molecule has 0 spiro atoms. The van der Waals surface area contributed by atoms with Crippen molar-refractivity contribution in [2.45, 2.75) is 0 Å². The molecule has 6 heteroatoms. The fourth-order valence-electron chi connectivity index (χ4n) is 2.17. The second-order valence-corrected chi connectivity index (χ2v) is 5.40. The number of amides is 1. The van der Waals surface area contributed by atoms with Gasteiger partial charge in [0.25, 0.3) is 0 Å². The third-order valence-corrected chi connectivity index (χ3v) is 3.58. The van der Waals surface area contributed by atoms with Gasteiger partial charge in [0.05, 0.1) is 13.7 Å². The summed E-state index contributed by atoms with van der Waals surface area (Å²) in [6.45, 7) is 0.0328. The maximum atomic E-state index is 12.0. The van der Waals surface area contributed by atoms with E-state index in [4.69, 9.17) is 21.4 Å². The summed E-state index contributed by atoms with van der Waals surface area (Å²) in [5.41, 5.74) is 2.12. The molecule has 0 aliphatic carbocycles. The number of phenols is 1. The number of nitrogens with one attached hydrogen (secondary N) is 1. The summed E-state index contributed by atoms with van der Waals surface area (Å²) in [6.07, 6.45) is 1.44. The molecule has 5 nitrogen and oxygen atoms in total. The van der Waals surface area contributed by atoms with Crippen LogP contribution in [0.15, 0.2) is 48.5 Å². The molecule has 0 atom stereocenters. The van der Waals surface area contributed by atoms with E-state index in [-0.39, 0.29) is 24.8 Å². The number of methoxy groups -OCH3 is 1. The first kappa shape index (κ1) is 17.8. The Balaban J connectivity index is 2.48. The van der Waals surface area contributed by atoms with Crippen molar-refractivity contribution >= 4 is 23.1 Å². The number of rotatable bonds is 6. The summed E-state index contributed by atoms with van der Waals surface area (Å²) >= 11 is 5.93. The smallest absolute Gasteiger partial charge is 0.244 e. The maximum absolute atomic E-state index is 12.0. The second kappa shape index (κ2) is 8.38. The molecule has 0 saturated carbocycles. The molecular formula is C18H18ClNO4. The van der Waals surface area contributed by atoms with Gasteiger partial charge in [-0.2, -0.15) is 0 Å². The highest BCUT2D eigenvalue weighted by atomic mass is 35.5. The van der Waals surface area contributed by atoms with E-state index in [1.54, 1.807) is 36.4 Å². The summed E-state index contributed by atoms with van der Waals surface area (Å²) in [5, 5.41) is 21.7. The number of aromatic hydroxyl groups is 1. The zero-order valence-corrected chi connectivity index (χ0v) is 13.9. The molecular weight excluding hydrogens is 330 g/mol. The van der Waals surface area contributed by atoms with E-state index >= 15 is 0 Å². The van der Waals surface area contributed by atoms with Crippen LogP contribution in [0, 0.1) is 0 Å². The normalized spacial score (nSPS) is 11.2. The van der Waals surface area contributed by atoms with Crippen molar-refractivity contribution in [1.29, 1.82) is 0 Å². The van der Waals surface area contributed by atoms with Crippen molar-refractivity contribution in [3.8, 4) is 11.5 Å². The number of hydrogen-bond acceptors (Lipinski definition) is 4. The van der Waals surface area contributed by atoms with E-state index in [0.717, 1.165) is 5.56 Å². The third-order valence-electron chi connectivity index (χ3n) is 3.33. The van der Waals surface area contributed by atoms with E-state index in [1.807, 2.05) is 0 Å². The predicted molar refractivity (Wildman–Crippen MR) is 93.3 cm³/mol. The average Bonchev–Trinajstić information content (AvgIpc) is 2.59. The highest BCUT2D eigenvalue weighted by molar-refractivity contribution is 6.30. The molecule has 0 aliphatic rings. The molecule has 0 bridgehead atoms. The Morgan fingerprint density at radius 3 is 2.50 bits per heavy atom. The minimum atomic E-state index is -0.332. The molecule has 1 amide bonds. The van der Waals surface area contributed by atoms with Gasteiger partial charge < -0.3 is 20.3 Å². The van der Waals surface area contributed by atoms with Crippen LogP contribution in [-0.2, 0) is 4.79 Å². The van der Waals surface area contributed by atoms with Gasteiger partial charge in [0.15, 0.2) is 11.5 Å². The van der Waals surface area contributed by atoms with Crippen LogP contribution in [0.3, 0.4) is 0 Å². The van der Waals surface area contributed by atoms with Crippen LogP contribution >= 0.6 is 11.6 Å². The van der Waals surface area contributed by atoms with Gasteiger partial charge in [0, 0.05) is 17.6 Å². The van der Waals surface area contributed by atoms with Crippen LogP contribution in [0.1, 0.15) is 11.1 Å². The van der Waals surface area contributed by atoms with Crippen LogP contribution in [0.2, 0.25) is 5.02 Å². The summed E-state index contributed by atoms with van der Waals surface area (Å²) in [5.74, 6) is -0.00869. The molecule has 2 aromatic carbocycles. The van der Waals surface area contributed by atoms with E-state index in [1.165, 1.54) is 19.3 Å². The number of benzene rings is 2. The third kappa shape index (κ3) is 4.50. The molecule has 2 aromatic rings. The Morgan fingerprint density at radius 2 is 1.88 bits per heavy atom. The van der Waals surface area contributed by atoms with E-state index in [2.05, 4.69) is 5.32 Å². The number of halogens is 1. The first-order valence-electron chi connectivity index (χ1n) is 7.29. The summed E-state index contributed by atoms with van der Waals surface area (Å²) in [6, 6.07) is 11.9. The summed E-state index contributed by atoms with van der Waals surface area (Å²) in [7, 11) is 1.46. The molecule has 3 N–H and O–H groups in total. The highest BCUT2D eigenvalue weighted by Gasteiger charge is 2.11. The molecule has 2 rings (SSSR count). The molecule has 0 unspecified atom stereocenters. The Hall–Kier alpha value is -2.50. The number of aliphatic hydroxyl groups is 1. The van der Waals surface area contributed by atoms with Crippen LogP contribution < -0.4 is 10.1 Å². The Labute approximate surface area is 145 Å². The molecule has 0 aromatic heterocycles. The predicted octanol–water partition coefficient (Wildman–Crippen LogP) is 2.59. The van der Waals surface area contributed by atoms with E-state index in [9.17, 15) is 9.90 Å². The van der Waals surface area contributed by atoms with Crippen molar-refractivity contribution in [3.63, 3.8) is 0 Å².